The second kappa shape index (κ2) is 9.06. The molecule has 0 saturated carbocycles. The molecule has 0 aromatic rings. The van der Waals surface area contributed by atoms with Crippen molar-refractivity contribution in [3.63, 3.8) is 0 Å². The van der Waals surface area contributed by atoms with Crippen molar-refractivity contribution >= 4 is 5.78 Å². The highest BCUT2D eigenvalue weighted by Gasteiger charge is 2.37. The number of ether oxygens (including phenoxy) is 1. The number of carbonyl (C=O) groups excluding carboxylic acids is 1. The monoisotopic (exact) mass is 317 g/mol. The first kappa shape index (κ1) is 18.9. The van der Waals surface area contributed by atoms with Crippen molar-refractivity contribution in [1.29, 1.82) is 0 Å². The van der Waals surface area contributed by atoms with Crippen LogP contribution in [0, 0.1) is 0 Å². The minimum atomic E-state index is -1.14. The van der Waals surface area contributed by atoms with Gasteiger partial charge in [0.05, 0.1) is 12.7 Å². The molecular formula is C14H27N3O5. The molecule has 1 heterocycles. The number of unbranched alkanes of at least 4 members (excludes halogenated alkanes) is 1. The third-order valence-electron chi connectivity index (χ3n) is 3.62. The van der Waals surface area contributed by atoms with Gasteiger partial charge in [-0.15, -0.1) is 0 Å². The van der Waals surface area contributed by atoms with Gasteiger partial charge in [0.25, 0.3) is 0 Å². The average Bonchev–Trinajstić information content (AvgIpc) is 2.46. The van der Waals surface area contributed by atoms with Crippen LogP contribution in [0.3, 0.4) is 0 Å². The molecule has 0 radical (unpaired) electrons. The molecule has 4 atom stereocenters. The highest BCUT2D eigenvalue weighted by Crippen LogP contribution is 2.22. The lowest BCUT2D eigenvalue weighted by molar-refractivity contribution is -0.211. The van der Waals surface area contributed by atoms with E-state index in [4.69, 9.17) is 21.4 Å². The smallest absolute Gasteiger partial charge is 0.146 e. The molecule has 0 spiro atoms. The number of nitrogens with two attached hydrogens (primary N) is 2. The second-order valence-electron chi connectivity index (χ2n) is 5.67. The number of Topliss-reactive ketones (excluding diaryl/α,β-unsaturated/α-hetero) is 1. The fourth-order valence-electron chi connectivity index (χ4n) is 2.32. The Morgan fingerprint density at radius 2 is 2.00 bits per heavy atom. The molecule has 128 valence electrons. The molecule has 0 aromatic carbocycles. The fraction of sp³-hybridized carbons (Fsp3) is 0.786. The van der Waals surface area contributed by atoms with Crippen molar-refractivity contribution < 1.29 is 24.9 Å². The van der Waals surface area contributed by atoms with E-state index in [1.807, 2.05) is 0 Å². The van der Waals surface area contributed by atoms with Crippen molar-refractivity contribution in [2.24, 2.45) is 11.6 Å². The molecule has 0 bridgehead atoms. The number of hydrogen-bond donors (Lipinski definition) is 5. The lowest BCUT2D eigenvalue weighted by Gasteiger charge is -2.39. The molecule has 8 nitrogen and oxygen atoms in total. The molecule has 1 rings (SSSR count). The maximum absolute atomic E-state index is 10.8. The number of aliphatic hydroxyl groups is 3. The topological polar surface area (TPSA) is 142 Å². The van der Waals surface area contributed by atoms with E-state index in [0.29, 0.717) is 18.5 Å². The number of aliphatic hydroxyl groups excluding tert-OH is 3. The molecule has 0 amide bonds. The SMILES string of the molecule is CC(=O)CCCC/C(N)=C/N(N)C1CC(O)C(O)C(CO)O1. The summed E-state index contributed by atoms with van der Waals surface area (Å²) < 4.78 is 5.43. The van der Waals surface area contributed by atoms with E-state index in [-0.39, 0.29) is 12.2 Å². The zero-order valence-electron chi connectivity index (χ0n) is 12.9. The largest absolute Gasteiger partial charge is 0.401 e. The quantitative estimate of drug-likeness (QED) is 0.217. The third kappa shape index (κ3) is 5.90. The summed E-state index contributed by atoms with van der Waals surface area (Å²) in [5.74, 6) is 6.00. The molecule has 8 heteroatoms. The summed E-state index contributed by atoms with van der Waals surface area (Å²) in [6, 6.07) is 0. The van der Waals surface area contributed by atoms with E-state index >= 15 is 0 Å². The van der Waals surface area contributed by atoms with Gasteiger partial charge in [0.1, 0.15) is 24.2 Å². The number of carbonyl (C=O) groups is 1. The van der Waals surface area contributed by atoms with Gasteiger partial charge in [-0.2, -0.15) is 0 Å². The Labute approximate surface area is 130 Å². The van der Waals surface area contributed by atoms with Gasteiger partial charge in [-0.25, -0.2) is 5.84 Å². The summed E-state index contributed by atoms with van der Waals surface area (Å²) in [4.78, 5) is 10.8. The van der Waals surface area contributed by atoms with Gasteiger partial charge in [0.2, 0.25) is 0 Å². The number of hydrogen-bond acceptors (Lipinski definition) is 8. The molecule has 1 aliphatic heterocycles. The standard InChI is InChI=1S/C14H27N3O5/c1-9(19)4-2-3-5-10(15)7-17(16)13-6-11(20)14(21)12(8-18)22-13/h7,11-14,18,20-21H,2-6,8,15-16H2,1H3/b10-7-. The van der Waals surface area contributed by atoms with Crippen LogP contribution < -0.4 is 11.6 Å². The van der Waals surface area contributed by atoms with E-state index in [2.05, 4.69) is 0 Å². The van der Waals surface area contributed by atoms with E-state index < -0.39 is 31.1 Å². The number of nitrogens with zero attached hydrogens (tertiary/aromatic N) is 1. The van der Waals surface area contributed by atoms with Crippen molar-refractivity contribution in [2.75, 3.05) is 6.61 Å². The molecule has 7 N–H and O–H groups in total. The van der Waals surface area contributed by atoms with Crippen LogP contribution >= 0.6 is 0 Å². The highest BCUT2D eigenvalue weighted by atomic mass is 16.5. The summed E-state index contributed by atoms with van der Waals surface area (Å²) in [5, 5.41) is 29.8. The number of allylic oxidation sites excluding steroid dienone is 1. The Morgan fingerprint density at radius 1 is 1.36 bits per heavy atom. The van der Waals surface area contributed by atoms with Crippen molar-refractivity contribution in [3.8, 4) is 0 Å². The zero-order valence-corrected chi connectivity index (χ0v) is 12.9. The third-order valence-corrected chi connectivity index (χ3v) is 3.62. The van der Waals surface area contributed by atoms with Crippen LogP contribution in [0.1, 0.15) is 39.0 Å². The van der Waals surface area contributed by atoms with Crippen LogP contribution in [-0.2, 0) is 9.53 Å². The first-order valence-corrected chi connectivity index (χ1v) is 7.46. The van der Waals surface area contributed by atoms with Gasteiger partial charge in [0.15, 0.2) is 0 Å². The van der Waals surface area contributed by atoms with Crippen molar-refractivity contribution in [2.45, 2.75) is 63.6 Å². The normalized spacial score (nSPS) is 29.4. The molecular weight excluding hydrogens is 290 g/mol. The maximum Gasteiger partial charge on any atom is 0.146 e. The predicted octanol–water partition coefficient (Wildman–Crippen LogP) is -1.06. The Morgan fingerprint density at radius 3 is 2.59 bits per heavy atom. The summed E-state index contributed by atoms with van der Waals surface area (Å²) >= 11 is 0. The zero-order chi connectivity index (χ0) is 16.7. The van der Waals surface area contributed by atoms with Gasteiger partial charge in [-0.05, 0) is 26.2 Å². The minimum Gasteiger partial charge on any atom is -0.401 e. The first-order chi connectivity index (χ1) is 10.3. The van der Waals surface area contributed by atoms with Crippen molar-refractivity contribution in [1.82, 2.24) is 5.01 Å². The molecule has 1 aliphatic rings. The molecule has 1 fully saturated rings. The first-order valence-electron chi connectivity index (χ1n) is 7.46. The van der Waals surface area contributed by atoms with Crippen LogP contribution in [0.15, 0.2) is 11.9 Å². The Hall–Kier alpha value is -1.19. The van der Waals surface area contributed by atoms with Gasteiger partial charge in [-0.1, -0.05) is 0 Å². The maximum atomic E-state index is 10.8. The fourth-order valence-corrected chi connectivity index (χ4v) is 2.32. The van der Waals surface area contributed by atoms with Gasteiger partial charge in [-0.3, -0.25) is 5.01 Å². The number of rotatable bonds is 8. The van der Waals surface area contributed by atoms with Crippen LogP contribution in [0.2, 0.25) is 0 Å². The summed E-state index contributed by atoms with van der Waals surface area (Å²) in [5.41, 5.74) is 6.40. The van der Waals surface area contributed by atoms with Gasteiger partial charge >= 0.3 is 0 Å². The highest BCUT2D eigenvalue weighted by molar-refractivity contribution is 5.75. The number of ketones is 1. The Kier molecular flexibility index (Phi) is 7.77. The molecule has 1 saturated heterocycles. The lowest BCUT2D eigenvalue weighted by Crippen LogP contribution is -2.55. The minimum absolute atomic E-state index is 0.113. The molecule has 22 heavy (non-hydrogen) atoms. The summed E-state index contributed by atoms with van der Waals surface area (Å²) in [6.07, 6.45) is 0.592. The average molecular weight is 317 g/mol. The second-order valence-corrected chi connectivity index (χ2v) is 5.67. The van der Waals surface area contributed by atoms with E-state index in [1.165, 1.54) is 11.2 Å². The molecule has 0 aliphatic carbocycles. The van der Waals surface area contributed by atoms with Crippen LogP contribution in [0.25, 0.3) is 0 Å². The van der Waals surface area contributed by atoms with Gasteiger partial charge in [0, 0.05) is 24.7 Å². The molecule has 0 aromatic heterocycles. The van der Waals surface area contributed by atoms with Crippen molar-refractivity contribution in [3.05, 3.63) is 11.9 Å². The Bertz CT molecular complexity index is 391. The predicted molar refractivity (Wildman–Crippen MR) is 79.8 cm³/mol. The summed E-state index contributed by atoms with van der Waals surface area (Å²) in [6.45, 7) is 1.14. The van der Waals surface area contributed by atoms with Gasteiger partial charge < -0.3 is 30.6 Å². The Balaban J connectivity index is 2.47. The van der Waals surface area contributed by atoms with E-state index in [0.717, 1.165) is 12.8 Å². The van der Waals surface area contributed by atoms with E-state index in [1.54, 1.807) is 6.92 Å². The number of hydrazine groups is 1. The van der Waals surface area contributed by atoms with Crippen LogP contribution in [-0.4, -0.2) is 57.3 Å². The van der Waals surface area contributed by atoms with E-state index in [9.17, 15) is 15.0 Å². The molecule has 4 unspecified atom stereocenters. The van der Waals surface area contributed by atoms with Crippen LogP contribution in [0.5, 0.6) is 0 Å². The summed E-state index contributed by atoms with van der Waals surface area (Å²) in [7, 11) is 0. The van der Waals surface area contributed by atoms with Crippen LogP contribution in [0.4, 0.5) is 0 Å². The lowest BCUT2D eigenvalue weighted by atomic mass is 10.0.